The lowest BCUT2D eigenvalue weighted by Gasteiger charge is -2.11. The number of rotatable bonds is 4. The Hall–Kier alpha value is -1.92. The van der Waals surface area contributed by atoms with Crippen molar-refractivity contribution in [2.45, 2.75) is 17.2 Å². The summed E-state index contributed by atoms with van der Waals surface area (Å²) in [5, 5.41) is 6.51. The number of thioether (sulfide) groups is 1. The molecule has 3 rings (SSSR count). The molecule has 106 valence electrons. The van der Waals surface area contributed by atoms with Crippen LogP contribution in [0, 0.1) is 0 Å². The van der Waals surface area contributed by atoms with Gasteiger partial charge in [-0.1, -0.05) is 30.0 Å². The third kappa shape index (κ3) is 3.22. The summed E-state index contributed by atoms with van der Waals surface area (Å²) in [6, 6.07) is 11.4. The van der Waals surface area contributed by atoms with Gasteiger partial charge in [-0.2, -0.15) is 0 Å². The number of carbonyl (C=O) groups is 1. The topological polar surface area (TPSA) is 54.9 Å². The van der Waals surface area contributed by atoms with Gasteiger partial charge in [-0.3, -0.25) is 4.79 Å². The molecule has 1 atom stereocenters. The van der Waals surface area contributed by atoms with Crippen molar-refractivity contribution >= 4 is 44.9 Å². The Kier molecular flexibility index (Phi) is 4.17. The first-order valence-electron chi connectivity index (χ1n) is 6.45. The zero-order chi connectivity index (χ0) is 14.7. The molecule has 0 aliphatic heterocycles. The van der Waals surface area contributed by atoms with Crippen LogP contribution in [0.4, 0.5) is 5.69 Å². The van der Waals surface area contributed by atoms with Crippen LogP contribution < -0.4 is 5.32 Å². The molecule has 0 fully saturated rings. The highest BCUT2D eigenvalue weighted by Gasteiger charge is 2.17. The molecule has 0 bridgehead atoms. The molecule has 1 aromatic carbocycles. The van der Waals surface area contributed by atoms with E-state index in [0.29, 0.717) is 0 Å². The average Bonchev–Trinajstić information content (AvgIpc) is 2.98. The Morgan fingerprint density at radius 3 is 2.86 bits per heavy atom. The van der Waals surface area contributed by atoms with Gasteiger partial charge >= 0.3 is 0 Å². The number of nitrogens with one attached hydrogen (secondary N) is 1. The predicted octanol–water partition coefficient (Wildman–Crippen LogP) is 3.81. The van der Waals surface area contributed by atoms with Gasteiger partial charge in [0.1, 0.15) is 16.2 Å². The van der Waals surface area contributed by atoms with Crippen LogP contribution in [0.1, 0.15) is 6.92 Å². The Morgan fingerprint density at radius 1 is 1.24 bits per heavy atom. The summed E-state index contributed by atoms with van der Waals surface area (Å²) in [4.78, 5) is 21.7. The number of aromatic nitrogens is 2. The van der Waals surface area contributed by atoms with E-state index in [1.807, 2.05) is 48.7 Å². The molecule has 2 heterocycles. The van der Waals surface area contributed by atoms with Gasteiger partial charge in [-0.05, 0) is 30.5 Å². The first kappa shape index (κ1) is 14.0. The van der Waals surface area contributed by atoms with Crippen LogP contribution in [-0.4, -0.2) is 21.1 Å². The standard InChI is InChI=1S/C15H13N3OS2/c1-10(13(19)18-11-5-3-2-4-6-11)21-15-12-7-8-20-14(12)16-9-17-15/h2-10H,1H3,(H,18,19)/t10-/m0/s1. The summed E-state index contributed by atoms with van der Waals surface area (Å²) in [7, 11) is 0. The summed E-state index contributed by atoms with van der Waals surface area (Å²) in [6.45, 7) is 1.88. The lowest BCUT2D eigenvalue weighted by atomic mass is 10.3. The number of para-hydroxylation sites is 1. The average molecular weight is 315 g/mol. The van der Waals surface area contributed by atoms with Crippen LogP contribution in [0.3, 0.4) is 0 Å². The fourth-order valence-electron chi connectivity index (χ4n) is 1.85. The van der Waals surface area contributed by atoms with E-state index in [2.05, 4.69) is 15.3 Å². The molecular formula is C15H13N3OS2. The number of hydrogen-bond donors (Lipinski definition) is 1. The first-order chi connectivity index (χ1) is 10.2. The second-order valence-corrected chi connectivity index (χ2v) is 6.66. The second-order valence-electron chi connectivity index (χ2n) is 4.43. The third-order valence-electron chi connectivity index (χ3n) is 2.92. The van der Waals surface area contributed by atoms with Crippen molar-refractivity contribution in [2.24, 2.45) is 0 Å². The van der Waals surface area contributed by atoms with Crippen LogP contribution >= 0.6 is 23.1 Å². The number of amides is 1. The van der Waals surface area contributed by atoms with E-state index >= 15 is 0 Å². The normalized spacial score (nSPS) is 12.2. The molecule has 0 spiro atoms. The molecule has 1 N–H and O–H groups in total. The minimum atomic E-state index is -0.233. The minimum Gasteiger partial charge on any atom is -0.325 e. The van der Waals surface area contributed by atoms with E-state index in [0.717, 1.165) is 20.9 Å². The van der Waals surface area contributed by atoms with Crippen LogP contribution in [0.25, 0.3) is 10.2 Å². The molecule has 0 radical (unpaired) electrons. The Morgan fingerprint density at radius 2 is 2.05 bits per heavy atom. The van der Waals surface area contributed by atoms with Crippen molar-refractivity contribution in [1.29, 1.82) is 0 Å². The SMILES string of the molecule is C[C@H](Sc1ncnc2sccc12)C(=O)Nc1ccccc1. The number of nitrogens with zero attached hydrogens (tertiary/aromatic N) is 2. The van der Waals surface area contributed by atoms with Gasteiger partial charge in [0.05, 0.1) is 5.25 Å². The van der Waals surface area contributed by atoms with E-state index in [1.54, 1.807) is 17.7 Å². The van der Waals surface area contributed by atoms with E-state index in [4.69, 9.17) is 0 Å². The van der Waals surface area contributed by atoms with Crippen molar-refractivity contribution in [3.05, 3.63) is 48.1 Å². The summed E-state index contributed by atoms with van der Waals surface area (Å²) >= 11 is 3.02. The van der Waals surface area contributed by atoms with Gasteiger partial charge in [-0.25, -0.2) is 9.97 Å². The smallest absolute Gasteiger partial charge is 0.237 e. The van der Waals surface area contributed by atoms with Gasteiger partial charge in [0.25, 0.3) is 0 Å². The van der Waals surface area contributed by atoms with Crippen LogP contribution in [-0.2, 0) is 4.79 Å². The highest BCUT2D eigenvalue weighted by molar-refractivity contribution is 8.00. The number of hydrogen-bond acceptors (Lipinski definition) is 5. The monoisotopic (exact) mass is 315 g/mol. The molecule has 1 amide bonds. The van der Waals surface area contributed by atoms with Crippen LogP contribution in [0.2, 0.25) is 0 Å². The first-order valence-corrected chi connectivity index (χ1v) is 8.21. The Bertz CT molecular complexity index is 758. The minimum absolute atomic E-state index is 0.0341. The quantitative estimate of drug-likeness (QED) is 0.587. The molecule has 0 unspecified atom stereocenters. The van der Waals surface area contributed by atoms with E-state index in [-0.39, 0.29) is 11.2 Å². The number of carbonyl (C=O) groups excluding carboxylic acids is 1. The van der Waals surface area contributed by atoms with Crippen molar-refractivity contribution in [3.8, 4) is 0 Å². The molecule has 21 heavy (non-hydrogen) atoms. The summed E-state index contributed by atoms with van der Waals surface area (Å²) in [6.07, 6.45) is 1.54. The second kappa shape index (κ2) is 6.24. The van der Waals surface area contributed by atoms with Crippen molar-refractivity contribution in [2.75, 3.05) is 5.32 Å². The Balaban J connectivity index is 1.72. The van der Waals surface area contributed by atoms with Crippen molar-refractivity contribution in [3.63, 3.8) is 0 Å². The largest absolute Gasteiger partial charge is 0.325 e. The maximum absolute atomic E-state index is 12.2. The van der Waals surface area contributed by atoms with Gasteiger partial charge in [0, 0.05) is 11.1 Å². The molecule has 0 aliphatic carbocycles. The zero-order valence-corrected chi connectivity index (χ0v) is 12.9. The van der Waals surface area contributed by atoms with E-state index in [9.17, 15) is 4.79 Å². The highest BCUT2D eigenvalue weighted by atomic mass is 32.2. The molecule has 0 aliphatic rings. The molecule has 0 saturated carbocycles. The summed E-state index contributed by atoms with van der Waals surface area (Å²) in [5.41, 5.74) is 0.804. The fraction of sp³-hybridized carbons (Fsp3) is 0.133. The predicted molar refractivity (Wildman–Crippen MR) is 87.8 cm³/mol. The lowest BCUT2D eigenvalue weighted by molar-refractivity contribution is -0.115. The van der Waals surface area contributed by atoms with E-state index in [1.165, 1.54) is 11.8 Å². The molecule has 3 aromatic rings. The molecule has 6 heteroatoms. The lowest BCUT2D eigenvalue weighted by Crippen LogP contribution is -2.22. The Labute approximate surface area is 130 Å². The number of fused-ring (bicyclic) bond motifs is 1. The van der Waals surface area contributed by atoms with E-state index < -0.39 is 0 Å². The van der Waals surface area contributed by atoms with Gasteiger partial charge in [-0.15, -0.1) is 11.3 Å². The summed E-state index contributed by atoms with van der Waals surface area (Å²) < 4.78 is 0. The molecule has 4 nitrogen and oxygen atoms in total. The molecular weight excluding hydrogens is 302 g/mol. The molecule has 0 saturated heterocycles. The van der Waals surface area contributed by atoms with Gasteiger partial charge in [0.15, 0.2) is 0 Å². The number of benzene rings is 1. The van der Waals surface area contributed by atoms with Crippen LogP contribution in [0.15, 0.2) is 53.1 Å². The maximum atomic E-state index is 12.2. The maximum Gasteiger partial charge on any atom is 0.237 e. The fourth-order valence-corrected chi connectivity index (χ4v) is 3.55. The number of thiophene rings is 1. The zero-order valence-electron chi connectivity index (χ0n) is 11.3. The van der Waals surface area contributed by atoms with Gasteiger partial charge < -0.3 is 5.32 Å². The van der Waals surface area contributed by atoms with Crippen LogP contribution in [0.5, 0.6) is 0 Å². The number of anilines is 1. The highest BCUT2D eigenvalue weighted by Crippen LogP contribution is 2.30. The third-order valence-corrected chi connectivity index (χ3v) is 4.86. The van der Waals surface area contributed by atoms with Gasteiger partial charge in [0.2, 0.25) is 5.91 Å². The molecule has 2 aromatic heterocycles. The van der Waals surface area contributed by atoms with Crippen molar-refractivity contribution in [1.82, 2.24) is 9.97 Å². The van der Waals surface area contributed by atoms with Crippen molar-refractivity contribution < 1.29 is 4.79 Å². The summed E-state index contributed by atoms with van der Waals surface area (Å²) in [5.74, 6) is -0.0341.